The van der Waals surface area contributed by atoms with E-state index in [0.29, 0.717) is 30.7 Å². The van der Waals surface area contributed by atoms with Gasteiger partial charge in [0, 0.05) is 19.0 Å². The number of anilines is 2. The van der Waals surface area contributed by atoms with Crippen molar-refractivity contribution in [2.45, 2.75) is 83.6 Å². The third kappa shape index (κ3) is 9.82. The topological polar surface area (TPSA) is 129 Å². The molecule has 2 heterocycles. The lowest BCUT2D eigenvalue weighted by atomic mass is 9.87. The molecule has 1 aliphatic heterocycles. The monoisotopic (exact) mass is 775 g/mol. The Bertz CT molecular complexity index is 1830. The van der Waals surface area contributed by atoms with Crippen LogP contribution in [0.4, 0.5) is 55.9 Å². The van der Waals surface area contributed by atoms with Crippen LogP contribution in [0.25, 0.3) is 0 Å². The number of alkyl halides is 9. The minimum absolute atomic E-state index is 0.0590. The van der Waals surface area contributed by atoms with Crippen LogP contribution in [0, 0.1) is 16.7 Å². The highest BCUT2D eigenvalue weighted by Gasteiger charge is 2.43. The van der Waals surface area contributed by atoms with Crippen molar-refractivity contribution in [1.29, 1.82) is 5.26 Å². The summed E-state index contributed by atoms with van der Waals surface area (Å²) in [6.45, 7) is 2.88. The Hall–Kier alpha value is -5.28. The van der Waals surface area contributed by atoms with Gasteiger partial charge in [-0.05, 0) is 80.6 Å². The van der Waals surface area contributed by atoms with Gasteiger partial charge in [0.15, 0.2) is 5.75 Å². The van der Waals surface area contributed by atoms with Gasteiger partial charge in [0.2, 0.25) is 5.95 Å². The molecule has 1 N–H and O–H groups in total. The van der Waals surface area contributed by atoms with Crippen LogP contribution in [-0.4, -0.2) is 46.4 Å². The molecule has 1 aliphatic rings. The van der Waals surface area contributed by atoms with Crippen molar-refractivity contribution in [2.24, 2.45) is 5.41 Å². The first-order chi connectivity index (χ1) is 25.1. The molecule has 1 amide bonds. The van der Waals surface area contributed by atoms with Crippen molar-refractivity contribution in [1.82, 2.24) is 9.97 Å². The van der Waals surface area contributed by atoms with E-state index in [9.17, 15) is 54.2 Å². The van der Waals surface area contributed by atoms with Crippen LogP contribution in [0.15, 0.2) is 48.8 Å². The maximum absolute atomic E-state index is 14.1. The molecule has 0 unspecified atom stereocenters. The predicted octanol–water partition coefficient (Wildman–Crippen LogP) is 9.20. The second-order valence-electron chi connectivity index (χ2n) is 13.1. The summed E-state index contributed by atoms with van der Waals surface area (Å²) in [6.07, 6.45) is -13.7. The van der Waals surface area contributed by atoms with Gasteiger partial charge in [-0.2, -0.15) is 44.8 Å². The Balaban J connectivity index is 1.91. The number of carbonyl (C=O) groups is 2. The number of hydrogen-bond donors (Lipinski definition) is 1. The molecule has 0 radical (unpaired) electrons. The number of aromatic nitrogens is 2. The van der Waals surface area contributed by atoms with Crippen molar-refractivity contribution in [2.75, 3.05) is 23.0 Å². The highest BCUT2D eigenvalue weighted by molar-refractivity contribution is 5.91. The summed E-state index contributed by atoms with van der Waals surface area (Å²) in [7, 11) is 0. The number of halogens is 9. The van der Waals surface area contributed by atoms with E-state index < -0.39 is 83.5 Å². The molecule has 0 saturated carbocycles. The van der Waals surface area contributed by atoms with E-state index in [2.05, 4.69) is 9.97 Å². The number of nitriles is 1. The zero-order valence-corrected chi connectivity index (χ0v) is 28.9. The maximum atomic E-state index is 14.1. The number of carboxylic acids is 1. The van der Waals surface area contributed by atoms with Crippen LogP contribution in [-0.2, 0) is 34.6 Å². The van der Waals surface area contributed by atoms with Gasteiger partial charge >= 0.3 is 30.6 Å². The summed E-state index contributed by atoms with van der Waals surface area (Å²) in [5, 5.41) is 18.2. The van der Waals surface area contributed by atoms with Crippen LogP contribution in [0.2, 0.25) is 0 Å². The van der Waals surface area contributed by atoms with Crippen LogP contribution in [0.3, 0.4) is 0 Å². The lowest BCUT2D eigenvalue weighted by Crippen LogP contribution is -2.49. The molecule has 3 aromatic rings. The second-order valence-corrected chi connectivity index (χ2v) is 13.1. The molecule has 0 fully saturated rings. The summed E-state index contributed by atoms with van der Waals surface area (Å²) in [5.74, 6) is -1.52. The number of carbonyl (C=O) groups excluding carboxylic acids is 1. The van der Waals surface area contributed by atoms with Crippen molar-refractivity contribution < 1.29 is 63.7 Å². The molecule has 19 heteroatoms. The smallest absolute Gasteiger partial charge is 0.416 e. The van der Waals surface area contributed by atoms with E-state index in [-0.39, 0.29) is 54.9 Å². The molecule has 10 nitrogen and oxygen atoms in total. The highest BCUT2D eigenvalue weighted by atomic mass is 19.4. The van der Waals surface area contributed by atoms with Crippen LogP contribution in [0.5, 0.6) is 5.75 Å². The fourth-order valence-corrected chi connectivity index (χ4v) is 5.67. The number of aliphatic carboxylic acids is 1. The fraction of sp³-hybridized carbons (Fsp3) is 0.457. The van der Waals surface area contributed by atoms with Gasteiger partial charge < -0.3 is 19.5 Å². The number of hydrogen-bond acceptors (Lipinski definition) is 8. The van der Waals surface area contributed by atoms with Crippen molar-refractivity contribution in [3.63, 3.8) is 0 Å². The molecule has 54 heavy (non-hydrogen) atoms. The Morgan fingerprint density at radius 2 is 1.54 bits per heavy atom. The van der Waals surface area contributed by atoms with E-state index in [1.807, 2.05) is 6.07 Å². The summed E-state index contributed by atoms with van der Waals surface area (Å²) < 4.78 is 136. The van der Waals surface area contributed by atoms with Crippen LogP contribution < -0.4 is 14.5 Å². The largest absolute Gasteiger partial charge is 0.490 e. The van der Waals surface area contributed by atoms with E-state index in [0.717, 1.165) is 28.3 Å². The first-order valence-electron chi connectivity index (χ1n) is 16.3. The first-order valence-corrected chi connectivity index (χ1v) is 16.3. The van der Waals surface area contributed by atoms with Gasteiger partial charge in [-0.1, -0.05) is 6.92 Å². The minimum Gasteiger partial charge on any atom is -0.490 e. The lowest BCUT2D eigenvalue weighted by molar-refractivity contribution is -0.149. The molecule has 0 bridgehead atoms. The molecule has 292 valence electrons. The van der Waals surface area contributed by atoms with Gasteiger partial charge in [-0.25, -0.2) is 14.8 Å². The zero-order valence-electron chi connectivity index (χ0n) is 28.9. The third-order valence-electron chi connectivity index (χ3n) is 8.59. The molecular formula is C35H34F9N5O5. The molecule has 0 spiro atoms. The van der Waals surface area contributed by atoms with Crippen LogP contribution in [0.1, 0.15) is 80.3 Å². The van der Waals surface area contributed by atoms with Gasteiger partial charge in [0.25, 0.3) is 0 Å². The Morgan fingerprint density at radius 3 is 2.06 bits per heavy atom. The van der Waals surface area contributed by atoms with Crippen LogP contribution >= 0.6 is 0 Å². The summed E-state index contributed by atoms with van der Waals surface area (Å²) >= 11 is 0. The van der Waals surface area contributed by atoms with E-state index in [1.54, 1.807) is 6.92 Å². The maximum Gasteiger partial charge on any atom is 0.416 e. The second kappa shape index (κ2) is 16.0. The Kier molecular flexibility index (Phi) is 12.3. The molecule has 2 aromatic carbocycles. The lowest BCUT2D eigenvalue weighted by Gasteiger charge is -2.44. The molecular weight excluding hydrogens is 741 g/mol. The Labute approximate surface area is 303 Å². The number of fused-ring (bicyclic) bond motifs is 1. The molecule has 0 saturated heterocycles. The highest BCUT2D eigenvalue weighted by Crippen LogP contribution is 2.46. The average molecular weight is 776 g/mol. The summed E-state index contributed by atoms with van der Waals surface area (Å²) in [6, 6.07) is 3.04. The van der Waals surface area contributed by atoms with Gasteiger partial charge in [-0.15, -0.1) is 0 Å². The summed E-state index contributed by atoms with van der Waals surface area (Å²) in [5.41, 5.74) is -6.85. The quantitative estimate of drug-likeness (QED) is 0.141. The van der Waals surface area contributed by atoms with E-state index >= 15 is 0 Å². The molecule has 4 rings (SSSR count). The number of nitrogens with zero attached hydrogens (tertiary/aromatic N) is 5. The predicted molar refractivity (Wildman–Crippen MR) is 173 cm³/mol. The normalized spacial score (nSPS) is 16.3. The fourth-order valence-electron chi connectivity index (χ4n) is 5.67. The van der Waals surface area contributed by atoms with Crippen molar-refractivity contribution in [3.8, 4) is 11.8 Å². The summed E-state index contributed by atoms with van der Waals surface area (Å²) in [4.78, 5) is 35.8. The number of ether oxygens (including phenoxy) is 2. The molecule has 0 aliphatic carbocycles. The molecule has 2 atom stereocenters. The molecule has 1 aromatic heterocycles. The van der Waals surface area contributed by atoms with Crippen molar-refractivity contribution >= 4 is 23.7 Å². The van der Waals surface area contributed by atoms with Gasteiger partial charge in [0.1, 0.15) is 6.61 Å². The minimum atomic E-state index is -5.20. The third-order valence-corrected chi connectivity index (χ3v) is 8.59. The zero-order chi connectivity index (χ0) is 40.2. The first kappa shape index (κ1) is 41.5. The SMILES string of the molecule is CC[C@@H]1C[C@H](N(Cc2cc(C(F)(F)F)cc(C(F)(F)F)c2)c2ncc(OCCCC#N)cn2)c2cc(C(F)(F)F)ccc2N1C(=O)OCC(C)(C)C(=O)O. The number of carboxylic acid groups (broad SMARTS) is 1. The number of unbranched alkanes of at least 4 members (excludes halogenated alkanes) is 1. The average Bonchev–Trinajstić information content (AvgIpc) is 3.09. The number of amides is 1. The van der Waals surface area contributed by atoms with Crippen molar-refractivity contribution in [3.05, 3.63) is 76.6 Å². The number of benzene rings is 2. The Morgan fingerprint density at radius 1 is 0.944 bits per heavy atom. The number of rotatable bonds is 12. The standard InChI is InChI=1S/C35H34F9N5O5/c1-4-24-15-28(26-14-21(33(36,37)38)7-8-27(26)49(24)31(52)54-19-32(2,3)29(50)51)48(30-46-16-25(17-47-30)53-10-6-5-9-45)18-20-11-22(34(39,40)41)13-23(12-20)35(42,43)44/h7-8,11-14,16-17,24,28H,4-6,10,15,18-19H2,1-3H3,(H,50,51)/t24-,28+/m1/s1. The van der Waals surface area contributed by atoms with E-state index in [4.69, 9.17) is 14.7 Å². The van der Waals surface area contributed by atoms with E-state index in [1.165, 1.54) is 13.8 Å². The van der Waals surface area contributed by atoms with Gasteiger partial charge in [0.05, 0.1) is 58.9 Å². The van der Waals surface area contributed by atoms with Gasteiger partial charge in [-0.3, -0.25) is 9.69 Å².